The van der Waals surface area contributed by atoms with Gasteiger partial charge in [0, 0.05) is 39.1 Å². The number of nitrogens with one attached hydrogen (secondary N) is 1. The van der Waals surface area contributed by atoms with E-state index in [1.807, 2.05) is 0 Å². The van der Waals surface area contributed by atoms with Gasteiger partial charge in [-0.15, -0.1) is 24.0 Å². The molecule has 0 bridgehead atoms. The number of rotatable bonds is 5. The van der Waals surface area contributed by atoms with Crippen molar-refractivity contribution in [2.45, 2.75) is 32.2 Å². The quantitative estimate of drug-likeness (QED) is 0.400. The molecule has 2 aliphatic carbocycles. The highest BCUT2D eigenvalue weighted by atomic mass is 127. The lowest BCUT2D eigenvalue weighted by atomic mass is 9.92. The Morgan fingerprint density at radius 1 is 1.26 bits per heavy atom. The molecule has 0 saturated heterocycles. The topological polar surface area (TPSA) is 32.6 Å². The summed E-state index contributed by atoms with van der Waals surface area (Å²) in [5.41, 5.74) is 4.45. The molecule has 0 amide bonds. The molecule has 2 aliphatic rings. The molecule has 1 heterocycles. The Balaban J connectivity index is 0.00000210. The zero-order valence-corrected chi connectivity index (χ0v) is 18.9. The van der Waals surface area contributed by atoms with Crippen molar-refractivity contribution in [1.29, 1.82) is 0 Å². The van der Waals surface area contributed by atoms with Gasteiger partial charge in [-0.2, -0.15) is 0 Å². The molecule has 5 heteroatoms. The first-order valence-electron chi connectivity index (χ1n) is 9.86. The summed E-state index contributed by atoms with van der Waals surface area (Å²) in [7, 11) is 4.23. The van der Waals surface area contributed by atoms with Crippen LogP contribution in [-0.4, -0.2) is 35.6 Å². The molecule has 27 heavy (non-hydrogen) atoms. The molecule has 1 saturated carbocycles. The molecule has 2 aromatic rings. The van der Waals surface area contributed by atoms with Gasteiger partial charge in [-0.3, -0.25) is 4.99 Å². The third-order valence-electron chi connectivity index (χ3n) is 6.09. The van der Waals surface area contributed by atoms with Gasteiger partial charge >= 0.3 is 0 Å². The highest BCUT2D eigenvalue weighted by Crippen LogP contribution is 2.59. The van der Waals surface area contributed by atoms with Crippen molar-refractivity contribution in [3.8, 4) is 0 Å². The van der Waals surface area contributed by atoms with Crippen LogP contribution in [0.3, 0.4) is 0 Å². The third kappa shape index (κ3) is 4.18. The Morgan fingerprint density at radius 2 is 2.07 bits per heavy atom. The monoisotopic (exact) mass is 478 g/mol. The number of hydrogen-bond donors (Lipinski definition) is 1. The van der Waals surface area contributed by atoms with Gasteiger partial charge in [-0.25, -0.2) is 0 Å². The van der Waals surface area contributed by atoms with Crippen LogP contribution < -0.4 is 5.32 Å². The zero-order chi connectivity index (χ0) is 18.1. The normalized spacial score (nSPS) is 23.1. The van der Waals surface area contributed by atoms with Crippen molar-refractivity contribution in [2.75, 3.05) is 20.1 Å². The van der Waals surface area contributed by atoms with Gasteiger partial charge in [0.05, 0.1) is 6.54 Å². The number of halogens is 1. The van der Waals surface area contributed by atoms with Crippen molar-refractivity contribution >= 4 is 29.9 Å². The predicted molar refractivity (Wildman–Crippen MR) is 123 cm³/mol. The van der Waals surface area contributed by atoms with Crippen LogP contribution >= 0.6 is 24.0 Å². The van der Waals surface area contributed by atoms with Crippen LogP contribution in [0.2, 0.25) is 0 Å². The Labute approximate surface area is 180 Å². The van der Waals surface area contributed by atoms with Crippen molar-refractivity contribution in [1.82, 2.24) is 14.8 Å². The Morgan fingerprint density at radius 3 is 2.81 bits per heavy atom. The summed E-state index contributed by atoms with van der Waals surface area (Å²) in [4.78, 5) is 7.24. The van der Waals surface area contributed by atoms with E-state index in [9.17, 15) is 0 Å². The number of aryl methyl sites for hydroxylation is 2. The van der Waals surface area contributed by atoms with Crippen molar-refractivity contribution in [2.24, 2.45) is 23.9 Å². The van der Waals surface area contributed by atoms with Crippen LogP contribution in [0.4, 0.5) is 0 Å². The minimum Gasteiger partial charge on any atom is -0.357 e. The second-order valence-corrected chi connectivity index (χ2v) is 7.75. The van der Waals surface area contributed by atoms with E-state index in [1.165, 1.54) is 18.5 Å². The van der Waals surface area contributed by atoms with E-state index in [0.717, 1.165) is 43.3 Å². The number of aliphatic imine (C=N–C) groups is 1. The molecule has 0 aliphatic heterocycles. The summed E-state index contributed by atoms with van der Waals surface area (Å²) < 4.78 is 2.17. The minimum absolute atomic E-state index is 0. The highest BCUT2D eigenvalue weighted by molar-refractivity contribution is 14.0. The van der Waals surface area contributed by atoms with Crippen LogP contribution in [0.15, 0.2) is 47.6 Å². The van der Waals surface area contributed by atoms with Crippen LogP contribution in [-0.2, 0) is 20.0 Å². The summed E-state index contributed by atoms with van der Waals surface area (Å²) >= 11 is 0. The number of hydrogen-bond acceptors (Lipinski definition) is 1. The fourth-order valence-corrected chi connectivity index (χ4v) is 4.60. The molecule has 4 nitrogen and oxygen atoms in total. The molecule has 3 unspecified atom stereocenters. The summed E-state index contributed by atoms with van der Waals surface area (Å²) in [6.45, 7) is 4.84. The van der Waals surface area contributed by atoms with Gasteiger partial charge in [0.25, 0.3) is 0 Å². The van der Waals surface area contributed by atoms with Gasteiger partial charge in [0.1, 0.15) is 0 Å². The first kappa shape index (κ1) is 20.2. The summed E-state index contributed by atoms with van der Waals surface area (Å²) in [5.74, 6) is 3.32. The standard InChI is InChI=1S/C22H30N4.HI/c1-4-23-22(26(3)15-17-9-7-13-25(17)2)24-14-20-19-12-11-16-8-5-6-10-18(16)21(19)20;/h5-10,13,19-21H,4,11-12,14-15H2,1-3H3,(H,23,24);1H. The Bertz CT molecular complexity index is 797. The maximum Gasteiger partial charge on any atom is 0.194 e. The number of guanidine groups is 1. The molecule has 146 valence electrons. The number of aromatic nitrogens is 1. The molecule has 0 radical (unpaired) electrons. The van der Waals surface area contributed by atoms with Gasteiger partial charge in [0.15, 0.2) is 5.96 Å². The lowest BCUT2D eigenvalue weighted by Gasteiger charge is -2.22. The highest BCUT2D eigenvalue weighted by Gasteiger charge is 2.52. The maximum atomic E-state index is 5.00. The maximum absolute atomic E-state index is 5.00. The van der Waals surface area contributed by atoms with E-state index in [1.54, 1.807) is 11.1 Å². The van der Waals surface area contributed by atoms with Crippen LogP contribution in [0.25, 0.3) is 0 Å². The van der Waals surface area contributed by atoms with E-state index in [-0.39, 0.29) is 24.0 Å². The first-order chi connectivity index (χ1) is 12.7. The molecular weight excluding hydrogens is 447 g/mol. The molecule has 3 atom stereocenters. The van der Waals surface area contributed by atoms with E-state index in [2.05, 4.69) is 78.4 Å². The van der Waals surface area contributed by atoms with Crippen LogP contribution in [0.1, 0.15) is 36.1 Å². The van der Waals surface area contributed by atoms with Crippen LogP contribution in [0, 0.1) is 11.8 Å². The molecule has 1 N–H and O–H groups in total. The smallest absolute Gasteiger partial charge is 0.194 e. The lowest BCUT2D eigenvalue weighted by Crippen LogP contribution is -2.39. The SMILES string of the molecule is CCNC(=NCC1C2CCc3ccccc3C21)N(C)Cc1cccn1C.I. The van der Waals surface area contributed by atoms with Crippen molar-refractivity contribution in [3.05, 3.63) is 59.4 Å². The molecular formula is C22H31IN4. The fourth-order valence-electron chi connectivity index (χ4n) is 4.60. The Kier molecular flexibility index (Phi) is 6.50. The molecule has 1 fully saturated rings. The van der Waals surface area contributed by atoms with Crippen LogP contribution in [0.5, 0.6) is 0 Å². The largest absolute Gasteiger partial charge is 0.357 e. The van der Waals surface area contributed by atoms with Gasteiger partial charge < -0.3 is 14.8 Å². The van der Waals surface area contributed by atoms with E-state index < -0.39 is 0 Å². The number of benzene rings is 1. The second kappa shape index (κ2) is 8.67. The van der Waals surface area contributed by atoms with Crippen molar-refractivity contribution < 1.29 is 0 Å². The summed E-state index contributed by atoms with van der Waals surface area (Å²) in [6, 6.07) is 13.3. The minimum atomic E-state index is 0. The van der Waals surface area contributed by atoms with E-state index in [0.29, 0.717) is 0 Å². The zero-order valence-electron chi connectivity index (χ0n) is 16.6. The van der Waals surface area contributed by atoms with E-state index in [4.69, 9.17) is 4.99 Å². The van der Waals surface area contributed by atoms with Gasteiger partial charge in [0.2, 0.25) is 0 Å². The fraction of sp³-hybridized carbons (Fsp3) is 0.500. The predicted octanol–water partition coefficient (Wildman–Crippen LogP) is 4.02. The van der Waals surface area contributed by atoms with Crippen molar-refractivity contribution in [3.63, 3.8) is 0 Å². The number of fused-ring (bicyclic) bond motifs is 3. The number of nitrogens with zero attached hydrogens (tertiary/aromatic N) is 3. The molecule has 1 aromatic heterocycles. The summed E-state index contributed by atoms with van der Waals surface area (Å²) in [5, 5.41) is 3.46. The molecule has 4 rings (SSSR count). The molecule has 0 spiro atoms. The van der Waals surface area contributed by atoms with Gasteiger partial charge in [-0.1, -0.05) is 24.3 Å². The third-order valence-corrected chi connectivity index (χ3v) is 6.09. The first-order valence-corrected chi connectivity index (χ1v) is 9.86. The summed E-state index contributed by atoms with van der Waals surface area (Å²) in [6.07, 6.45) is 4.67. The van der Waals surface area contributed by atoms with E-state index >= 15 is 0 Å². The second-order valence-electron chi connectivity index (χ2n) is 7.75. The lowest BCUT2D eigenvalue weighted by molar-refractivity contribution is 0.460. The molecule has 1 aromatic carbocycles. The average molecular weight is 478 g/mol. The van der Waals surface area contributed by atoms with Gasteiger partial charge in [-0.05, 0) is 60.8 Å². The average Bonchev–Trinajstić information content (AvgIpc) is 3.24. The Hall–Kier alpha value is -1.50.